The number of hydrogen-bond donors (Lipinski definition) is 4. The average molecular weight is 888 g/mol. The summed E-state index contributed by atoms with van der Waals surface area (Å²) in [7, 11) is -5.32. The van der Waals surface area contributed by atoms with Crippen LogP contribution in [-0.4, -0.2) is 105 Å². The van der Waals surface area contributed by atoms with Crippen molar-refractivity contribution in [2.24, 2.45) is 4.99 Å². The fourth-order valence-corrected chi connectivity index (χ4v) is 9.53. The first-order valence-electron chi connectivity index (χ1n) is 19.1. The highest BCUT2D eigenvalue weighted by atomic mass is 32.2. The van der Waals surface area contributed by atoms with Gasteiger partial charge >= 0.3 is 10.1 Å². The number of rotatable bonds is 12. The molecule has 0 saturated carbocycles. The summed E-state index contributed by atoms with van der Waals surface area (Å²) in [6.45, 7) is 0.0539. The molecule has 62 heavy (non-hydrogen) atoms. The lowest BCUT2D eigenvalue weighted by Crippen LogP contribution is -2.46. The second-order valence-corrected chi connectivity index (χ2v) is 17.6. The summed E-state index contributed by atoms with van der Waals surface area (Å²) in [5.41, 5.74) is 9.32. The molecule has 0 aromatic heterocycles. The predicted octanol–water partition coefficient (Wildman–Crippen LogP) is 5.22. The van der Waals surface area contributed by atoms with E-state index in [1.54, 1.807) is 54.7 Å². The van der Waals surface area contributed by atoms with E-state index in [9.17, 15) is 35.5 Å². The molecule has 324 valence electrons. The first-order chi connectivity index (χ1) is 29.6. The fraction of sp³-hybridized carbons (Fsp3) is 0.262. The van der Waals surface area contributed by atoms with Gasteiger partial charge in [0.25, 0.3) is 21.9 Å². The number of carbonyl (C=O) groups excluding carboxylic acids is 2. The second kappa shape index (κ2) is 16.3. The lowest BCUT2D eigenvalue weighted by molar-refractivity contribution is 0.0788. The van der Waals surface area contributed by atoms with Crippen LogP contribution in [0, 0.1) is 0 Å². The van der Waals surface area contributed by atoms with Crippen LogP contribution in [0.25, 0.3) is 11.1 Å². The number of nitrogen functional groups attached to an aromatic ring is 1. The van der Waals surface area contributed by atoms with Crippen molar-refractivity contribution in [1.82, 2.24) is 9.80 Å². The minimum atomic E-state index is -4.88. The van der Waals surface area contributed by atoms with E-state index < -0.39 is 54.6 Å². The number of aliphatic imine (C=N–C) groups is 1. The maximum atomic E-state index is 14.0. The third-order valence-corrected chi connectivity index (χ3v) is 12.9. The number of ether oxygens (including phenoxy) is 5. The number of anilines is 2. The van der Waals surface area contributed by atoms with Crippen LogP contribution >= 0.6 is 0 Å². The topological polar surface area (TPSA) is 246 Å². The number of carbonyl (C=O) groups is 2. The number of benzene rings is 4. The molecule has 4 aliphatic rings. The highest BCUT2D eigenvalue weighted by molar-refractivity contribution is 8.01. The van der Waals surface area contributed by atoms with Crippen LogP contribution in [0.4, 0.5) is 17.1 Å². The summed E-state index contributed by atoms with van der Waals surface area (Å²) in [5, 5.41) is 0.666. The average Bonchev–Trinajstić information content (AvgIpc) is 3.84. The van der Waals surface area contributed by atoms with Gasteiger partial charge < -0.3 is 44.5 Å². The second-order valence-electron chi connectivity index (χ2n) is 14.7. The van der Waals surface area contributed by atoms with Gasteiger partial charge in [-0.25, -0.2) is 4.99 Å². The Labute approximate surface area is 356 Å². The predicted molar refractivity (Wildman–Crippen MR) is 228 cm³/mol. The minimum absolute atomic E-state index is 0.0174. The van der Waals surface area contributed by atoms with Crippen molar-refractivity contribution in [2.45, 2.75) is 36.7 Å². The van der Waals surface area contributed by atoms with Crippen LogP contribution in [0.2, 0.25) is 0 Å². The minimum Gasteiger partial charge on any atom is -0.497 e. The van der Waals surface area contributed by atoms with E-state index >= 15 is 0 Å². The Balaban J connectivity index is 0.989. The van der Waals surface area contributed by atoms with Gasteiger partial charge in [-0.1, -0.05) is 24.3 Å². The molecule has 20 heteroatoms. The van der Waals surface area contributed by atoms with Gasteiger partial charge in [0.05, 0.1) is 69.1 Å². The van der Waals surface area contributed by atoms with Crippen molar-refractivity contribution in [3.05, 3.63) is 107 Å². The number of amides is 2. The molecule has 2 amide bonds. The van der Waals surface area contributed by atoms with Crippen LogP contribution < -0.4 is 34.7 Å². The van der Waals surface area contributed by atoms with Crippen LogP contribution in [0.3, 0.4) is 0 Å². The Morgan fingerprint density at radius 3 is 1.89 bits per heavy atom. The Hall–Kier alpha value is -6.61. The number of nitrogens with one attached hydrogen (secondary N) is 1. The van der Waals surface area contributed by atoms with Gasteiger partial charge in [-0.2, -0.15) is 16.8 Å². The lowest BCUT2D eigenvalue weighted by atomic mass is 10.0. The Morgan fingerprint density at radius 2 is 1.29 bits per heavy atom. The third kappa shape index (κ3) is 7.99. The molecule has 3 atom stereocenters. The van der Waals surface area contributed by atoms with Crippen LogP contribution in [-0.2, 0) is 20.2 Å². The highest BCUT2D eigenvalue weighted by Crippen LogP contribution is 2.44. The normalized spacial score (nSPS) is 19.4. The molecule has 0 spiro atoms. The Kier molecular flexibility index (Phi) is 11.1. The number of fused-ring (bicyclic) bond motifs is 4. The quantitative estimate of drug-likeness (QED) is 0.0809. The van der Waals surface area contributed by atoms with E-state index in [2.05, 4.69) is 10.3 Å². The zero-order valence-corrected chi connectivity index (χ0v) is 35.1. The maximum Gasteiger partial charge on any atom is 0.310 e. The van der Waals surface area contributed by atoms with Gasteiger partial charge in [-0.15, -0.1) is 0 Å². The molecule has 2 unspecified atom stereocenters. The molecule has 0 fully saturated rings. The molecular weight excluding hydrogens is 847 g/mol. The van der Waals surface area contributed by atoms with Crippen molar-refractivity contribution in [3.8, 4) is 28.7 Å². The summed E-state index contributed by atoms with van der Waals surface area (Å²) < 4.78 is 100.0. The monoisotopic (exact) mass is 887 g/mol. The molecule has 5 N–H and O–H groups in total. The van der Waals surface area contributed by atoms with E-state index in [0.29, 0.717) is 22.6 Å². The smallest absolute Gasteiger partial charge is 0.310 e. The van der Waals surface area contributed by atoms with Gasteiger partial charge in [-0.05, 0) is 65.1 Å². The summed E-state index contributed by atoms with van der Waals surface area (Å²) in [6, 6.07) is 17.5. The van der Waals surface area contributed by atoms with Crippen molar-refractivity contribution >= 4 is 65.3 Å². The van der Waals surface area contributed by atoms with Crippen molar-refractivity contribution in [3.63, 3.8) is 0 Å². The van der Waals surface area contributed by atoms with Crippen molar-refractivity contribution < 1.29 is 59.2 Å². The first-order valence-corrected chi connectivity index (χ1v) is 22.1. The van der Waals surface area contributed by atoms with E-state index in [1.165, 1.54) is 61.6 Å². The number of methoxy groups -OCH3 is 3. The molecule has 4 aromatic carbocycles. The zero-order valence-electron chi connectivity index (χ0n) is 33.5. The maximum absolute atomic E-state index is 14.0. The van der Waals surface area contributed by atoms with Crippen LogP contribution in [0.5, 0.6) is 28.7 Å². The van der Waals surface area contributed by atoms with Crippen LogP contribution in [0.15, 0.2) is 90.2 Å². The van der Waals surface area contributed by atoms with Gasteiger partial charge in [0.1, 0.15) is 5.75 Å². The third-order valence-electron chi connectivity index (χ3n) is 10.9. The number of nitrogens with two attached hydrogens (primary N) is 1. The Morgan fingerprint density at radius 1 is 0.726 bits per heavy atom. The molecule has 0 aliphatic carbocycles. The highest BCUT2D eigenvalue weighted by Gasteiger charge is 2.46. The van der Waals surface area contributed by atoms with Gasteiger partial charge in [0.2, 0.25) is 0 Å². The number of nitrogens with zero attached hydrogens (tertiary/aromatic N) is 3. The molecule has 4 aliphatic heterocycles. The SMILES string of the molecule is COc1ccc(C2=CN3C(=O)c4cc(OC)c(OCCCOc5cc6c(cc5OC)C(=O)N5C=C(c7ccc(N)cc7)C[C@H]5C(S(=O)(=O)O)=N6)cc4NC(S(=O)(=O)O)C3C2)cc1. The molecule has 4 heterocycles. The first kappa shape index (κ1) is 42.1. The van der Waals surface area contributed by atoms with Gasteiger partial charge in [0.15, 0.2) is 33.4 Å². The van der Waals surface area contributed by atoms with E-state index in [0.717, 1.165) is 11.1 Å². The molecule has 0 radical (unpaired) electrons. The molecule has 18 nitrogen and oxygen atoms in total. The summed E-state index contributed by atoms with van der Waals surface area (Å²) >= 11 is 0. The van der Waals surface area contributed by atoms with Gasteiger partial charge in [0, 0.05) is 43.1 Å². The summed E-state index contributed by atoms with van der Waals surface area (Å²) in [6.07, 6.45) is 3.56. The molecule has 0 saturated heterocycles. The van der Waals surface area contributed by atoms with E-state index in [1.807, 2.05) is 0 Å². The zero-order chi connectivity index (χ0) is 44.1. The summed E-state index contributed by atoms with van der Waals surface area (Å²) in [4.78, 5) is 34.7. The van der Waals surface area contributed by atoms with Gasteiger partial charge in [-0.3, -0.25) is 18.7 Å². The largest absolute Gasteiger partial charge is 0.497 e. The van der Waals surface area contributed by atoms with E-state index in [4.69, 9.17) is 29.4 Å². The fourth-order valence-electron chi connectivity index (χ4n) is 7.87. The summed E-state index contributed by atoms with van der Waals surface area (Å²) in [5.74, 6) is 0.174. The molecular formula is C42H41N5O13S2. The standard InChI is InChI=1S/C42H41N5O13S2/c1-56-28-11-7-24(8-12-28)26-16-34-40(62(53,54)55)45-32-20-38(36(58-3)18-30(32)42(49)47(34)22-26)60-14-4-13-59-37-19-31-29(17-35(37)57-2)41(48)46-21-25(23-5-9-27(43)10-6-23)15-33(46)39(44-31)61(50,51)52/h5-12,17-22,33-34,40,45H,4,13-16,43H2,1-3H3,(H,50,51,52)(H,53,54,55)/t33-,34?,40?/m0/s1. The van der Waals surface area contributed by atoms with E-state index in [-0.39, 0.29) is 78.0 Å². The van der Waals surface area contributed by atoms with Crippen LogP contribution in [0.1, 0.15) is 51.1 Å². The molecule has 0 bridgehead atoms. The Bertz CT molecular complexity index is 2790. The van der Waals surface area contributed by atoms with Crippen molar-refractivity contribution in [2.75, 3.05) is 45.6 Å². The number of hydrogen-bond acceptors (Lipinski definition) is 14. The van der Waals surface area contributed by atoms with Crippen molar-refractivity contribution in [1.29, 1.82) is 0 Å². The molecule has 4 aromatic rings. The molecule has 8 rings (SSSR count). The lowest BCUT2D eigenvalue weighted by Gasteiger charge is -2.26.